The second-order valence-corrected chi connectivity index (χ2v) is 10.1. The first kappa shape index (κ1) is 25.7. The van der Waals surface area contributed by atoms with Gasteiger partial charge in [-0.2, -0.15) is 5.10 Å². The molecule has 0 aliphatic heterocycles. The van der Waals surface area contributed by atoms with Crippen molar-refractivity contribution in [3.8, 4) is 11.1 Å². The Bertz CT molecular complexity index is 1520. The average Bonchev–Trinajstić information content (AvgIpc) is 3.42. The molecule has 10 nitrogen and oxygen atoms in total. The molecule has 0 fully saturated rings. The lowest BCUT2D eigenvalue weighted by Crippen LogP contribution is -2.42. The van der Waals surface area contributed by atoms with Gasteiger partial charge < -0.3 is 11.1 Å². The van der Waals surface area contributed by atoms with Crippen molar-refractivity contribution in [2.24, 2.45) is 10.9 Å². The van der Waals surface area contributed by atoms with Gasteiger partial charge in [0.05, 0.1) is 10.6 Å². The largest absolute Gasteiger partial charge is 0.384 e. The average molecular weight is 518 g/mol. The van der Waals surface area contributed by atoms with Crippen LogP contribution in [0.3, 0.4) is 0 Å². The van der Waals surface area contributed by atoms with Gasteiger partial charge in [0.2, 0.25) is 15.9 Å². The first-order chi connectivity index (χ1) is 17.6. The van der Waals surface area contributed by atoms with E-state index in [9.17, 15) is 13.2 Å². The number of anilines is 1. The maximum absolute atomic E-state index is 13.9. The van der Waals surface area contributed by atoms with Gasteiger partial charge in [-0.15, -0.1) is 0 Å². The van der Waals surface area contributed by atoms with E-state index in [0.717, 1.165) is 11.1 Å². The van der Waals surface area contributed by atoms with Crippen molar-refractivity contribution in [2.75, 3.05) is 5.32 Å². The molecule has 1 amide bonds. The quantitative estimate of drug-likeness (QED) is 0.168. The van der Waals surface area contributed by atoms with E-state index < -0.39 is 15.4 Å². The van der Waals surface area contributed by atoms with E-state index in [1.807, 2.05) is 13.0 Å². The number of hydrogen-bond acceptors (Lipinski definition) is 6. The highest BCUT2D eigenvalue weighted by atomic mass is 32.2. The topological polar surface area (TPSA) is 181 Å². The second kappa shape index (κ2) is 10.3. The molecule has 0 spiro atoms. The molecule has 0 bridgehead atoms. The maximum atomic E-state index is 13.9. The summed E-state index contributed by atoms with van der Waals surface area (Å²) in [6, 6.07) is 18.4. The third-order valence-electron chi connectivity index (χ3n) is 6.16. The van der Waals surface area contributed by atoms with Crippen LogP contribution in [0.15, 0.2) is 84.0 Å². The molecule has 190 valence electrons. The zero-order valence-electron chi connectivity index (χ0n) is 20.1. The van der Waals surface area contributed by atoms with Crippen molar-refractivity contribution >= 4 is 27.6 Å². The van der Waals surface area contributed by atoms with Crippen LogP contribution in [0.2, 0.25) is 0 Å². The van der Waals surface area contributed by atoms with E-state index in [2.05, 4.69) is 20.5 Å². The molecule has 0 aliphatic carbocycles. The van der Waals surface area contributed by atoms with E-state index in [4.69, 9.17) is 16.3 Å². The number of hydrogen-bond donors (Lipinski definition) is 5. The molecule has 0 saturated carbocycles. The van der Waals surface area contributed by atoms with Crippen molar-refractivity contribution in [1.29, 1.82) is 5.41 Å². The first-order valence-electron chi connectivity index (χ1n) is 11.5. The van der Waals surface area contributed by atoms with Crippen LogP contribution in [0.4, 0.5) is 5.82 Å². The molecule has 0 aliphatic rings. The lowest BCUT2D eigenvalue weighted by Gasteiger charge is -2.32. The monoisotopic (exact) mass is 517 g/mol. The number of nitrogens with one attached hydrogen (secondary N) is 3. The Morgan fingerprint density at radius 3 is 2.38 bits per heavy atom. The van der Waals surface area contributed by atoms with Gasteiger partial charge in [-0.05, 0) is 53.9 Å². The van der Waals surface area contributed by atoms with E-state index in [1.54, 1.807) is 60.9 Å². The van der Waals surface area contributed by atoms with Gasteiger partial charge in [-0.25, -0.2) is 18.5 Å². The van der Waals surface area contributed by atoms with E-state index >= 15 is 0 Å². The van der Waals surface area contributed by atoms with Crippen LogP contribution in [-0.4, -0.2) is 35.3 Å². The number of nitrogen functional groups attached to an aromatic ring is 1. The van der Waals surface area contributed by atoms with Crippen molar-refractivity contribution in [2.45, 2.75) is 30.1 Å². The molecular formula is C26H27N7O3S. The summed E-state index contributed by atoms with van der Waals surface area (Å²) < 4.78 is 23.0. The molecule has 2 aromatic carbocycles. The number of sulfonamides is 1. The minimum atomic E-state index is -3.78. The number of amides is 1. The van der Waals surface area contributed by atoms with Crippen LogP contribution in [0.1, 0.15) is 36.6 Å². The van der Waals surface area contributed by atoms with E-state index in [1.165, 1.54) is 12.1 Å². The Hall–Kier alpha value is -4.35. The molecule has 0 saturated heterocycles. The number of primary sulfonamides is 1. The Kier molecular flexibility index (Phi) is 7.18. The number of rotatable bonds is 9. The normalized spacial score (nSPS) is 13.0. The van der Waals surface area contributed by atoms with Gasteiger partial charge in [0.25, 0.3) is 0 Å². The molecule has 1 atom stereocenters. The third kappa shape index (κ3) is 5.27. The van der Waals surface area contributed by atoms with E-state index in [-0.39, 0.29) is 16.6 Å². The molecule has 4 rings (SSSR count). The van der Waals surface area contributed by atoms with Crippen LogP contribution >= 0.6 is 0 Å². The highest BCUT2D eigenvalue weighted by Crippen LogP contribution is 2.37. The number of carbonyl (C=O) groups is 1. The van der Waals surface area contributed by atoms with Gasteiger partial charge in [-0.1, -0.05) is 43.7 Å². The van der Waals surface area contributed by atoms with E-state index in [0.29, 0.717) is 35.5 Å². The van der Waals surface area contributed by atoms with Crippen LogP contribution in [0.25, 0.3) is 11.1 Å². The number of pyridine rings is 1. The van der Waals surface area contributed by atoms with Gasteiger partial charge in [0, 0.05) is 23.5 Å². The number of aromatic nitrogens is 3. The molecule has 11 heteroatoms. The predicted octanol–water partition coefficient (Wildman–Crippen LogP) is 3.13. The number of H-pyrrole nitrogens is 1. The predicted molar refractivity (Wildman–Crippen MR) is 141 cm³/mol. The zero-order valence-corrected chi connectivity index (χ0v) is 20.9. The van der Waals surface area contributed by atoms with Crippen molar-refractivity contribution < 1.29 is 13.2 Å². The summed E-state index contributed by atoms with van der Waals surface area (Å²) in [7, 11) is -3.78. The molecule has 37 heavy (non-hydrogen) atoms. The van der Waals surface area contributed by atoms with Gasteiger partial charge in [-0.3, -0.25) is 15.3 Å². The molecule has 4 aromatic rings. The zero-order chi connectivity index (χ0) is 26.6. The van der Waals surface area contributed by atoms with Gasteiger partial charge >= 0.3 is 0 Å². The first-order valence-corrected chi connectivity index (χ1v) is 13.1. The molecular weight excluding hydrogens is 490 g/mol. The summed E-state index contributed by atoms with van der Waals surface area (Å²) in [6.07, 6.45) is 4.35. The van der Waals surface area contributed by atoms with Crippen LogP contribution in [0, 0.1) is 5.41 Å². The molecule has 1 unspecified atom stereocenters. The van der Waals surface area contributed by atoms with Crippen molar-refractivity contribution in [3.63, 3.8) is 0 Å². The number of nitrogens with zero attached hydrogens (tertiary/aromatic N) is 2. The van der Waals surface area contributed by atoms with Crippen LogP contribution in [-0.2, 0) is 20.2 Å². The maximum Gasteiger partial charge on any atom is 0.242 e. The minimum absolute atomic E-state index is 0.0213. The lowest BCUT2D eigenvalue weighted by atomic mass is 9.72. The third-order valence-corrected chi connectivity index (χ3v) is 7.09. The number of carbonyl (C=O) groups excluding carboxylic acids is 1. The number of amidine groups is 1. The van der Waals surface area contributed by atoms with Crippen LogP contribution < -0.4 is 16.2 Å². The fraction of sp³-hybridized carbons (Fsp3) is 0.154. The lowest BCUT2D eigenvalue weighted by molar-refractivity contribution is -0.120. The molecule has 2 heterocycles. The summed E-state index contributed by atoms with van der Waals surface area (Å²) in [5.74, 6) is -0.0544. The van der Waals surface area contributed by atoms with Gasteiger partial charge in [0.15, 0.2) is 0 Å². The Labute approximate surface area is 214 Å². The fourth-order valence-corrected chi connectivity index (χ4v) is 4.84. The fourth-order valence-electron chi connectivity index (χ4n) is 4.32. The van der Waals surface area contributed by atoms with Crippen LogP contribution in [0.5, 0.6) is 0 Å². The standard InChI is InChI=1S/C26H27N7O3S/c1-2-13-26(22-12-14-31-33-22,20-5-3-4-18(15-20)24(27)28)25(34)32-23-11-8-19(16-30-23)17-6-9-21(10-7-17)37(29,35)36/h3-12,14-16H,2,13H2,1H3,(H3,27,28)(H,31,33)(H2,29,35,36)(H,30,32,34). The smallest absolute Gasteiger partial charge is 0.242 e. The highest BCUT2D eigenvalue weighted by molar-refractivity contribution is 7.89. The van der Waals surface area contributed by atoms with Crippen molar-refractivity contribution in [1.82, 2.24) is 15.2 Å². The number of nitrogens with two attached hydrogens (primary N) is 2. The number of benzene rings is 2. The second-order valence-electron chi connectivity index (χ2n) is 8.58. The Balaban J connectivity index is 1.67. The summed E-state index contributed by atoms with van der Waals surface area (Å²) in [4.78, 5) is 18.4. The molecule has 2 aromatic heterocycles. The Morgan fingerprint density at radius 2 is 1.81 bits per heavy atom. The molecule has 7 N–H and O–H groups in total. The number of aromatic amines is 1. The SMILES string of the molecule is CCCC(C(=O)Nc1ccc(-c2ccc(S(N)(=O)=O)cc2)cn1)(c1cccc(C(=N)N)c1)c1ccn[nH]1. The Morgan fingerprint density at radius 1 is 1.08 bits per heavy atom. The molecule has 0 radical (unpaired) electrons. The van der Waals surface area contributed by atoms with Crippen molar-refractivity contribution in [3.05, 3.63) is 95.9 Å². The van der Waals surface area contributed by atoms with Gasteiger partial charge in [0.1, 0.15) is 17.1 Å². The summed E-state index contributed by atoms with van der Waals surface area (Å²) in [5.41, 5.74) is 7.89. The highest BCUT2D eigenvalue weighted by Gasteiger charge is 2.43. The summed E-state index contributed by atoms with van der Waals surface area (Å²) >= 11 is 0. The minimum Gasteiger partial charge on any atom is -0.384 e. The summed E-state index contributed by atoms with van der Waals surface area (Å²) in [5, 5.41) is 23.0. The summed E-state index contributed by atoms with van der Waals surface area (Å²) in [6.45, 7) is 1.99.